The lowest BCUT2D eigenvalue weighted by Crippen LogP contribution is -2.46. The molecule has 1 saturated carbocycles. The van der Waals surface area contributed by atoms with Crippen molar-refractivity contribution in [3.63, 3.8) is 0 Å². The van der Waals surface area contributed by atoms with E-state index in [4.69, 9.17) is 0 Å². The van der Waals surface area contributed by atoms with Crippen LogP contribution in [0.25, 0.3) is 0 Å². The SMILES string of the molecule is CC(=O)C1(O)CCCC1(C)C. The first kappa shape index (κ1) is 8.72. The lowest BCUT2D eigenvalue weighted by atomic mass is 9.75. The van der Waals surface area contributed by atoms with Crippen molar-refractivity contribution in [3.05, 3.63) is 0 Å². The summed E-state index contributed by atoms with van der Waals surface area (Å²) in [6.45, 7) is 5.40. The standard InChI is InChI=1S/C9H16O2/c1-7(10)9(11)6-4-5-8(9,2)3/h11H,4-6H2,1-3H3. The highest BCUT2D eigenvalue weighted by molar-refractivity contribution is 5.86. The second-order valence-corrected chi connectivity index (χ2v) is 4.15. The molecule has 1 fully saturated rings. The number of hydrogen-bond acceptors (Lipinski definition) is 2. The summed E-state index contributed by atoms with van der Waals surface area (Å²) in [4.78, 5) is 11.1. The average molecular weight is 156 g/mol. The Kier molecular flexibility index (Phi) is 1.83. The van der Waals surface area contributed by atoms with Crippen LogP contribution in [0.1, 0.15) is 40.0 Å². The zero-order valence-electron chi connectivity index (χ0n) is 7.48. The number of carbonyl (C=O) groups is 1. The van der Waals surface area contributed by atoms with Gasteiger partial charge in [0.05, 0.1) is 0 Å². The van der Waals surface area contributed by atoms with E-state index in [0.717, 1.165) is 12.8 Å². The summed E-state index contributed by atoms with van der Waals surface area (Å²) in [7, 11) is 0. The average Bonchev–Trinajstić information content (AvgIpc) is 2.09. The molecule has 0 aliphatic heterocycles. The number of aliphatic hydroxyl groups is 1. The Hall–Kier alpha value is -0.370. The van der Waals surface area contributed by atoms with Gasteiger partial charge in [-0.3, -0.25) is 4.79 Å². The summed E-state index contributed by atoms with van der Waals surface area (Å²) < 4.78 is 0. The molecule has 0 saturated heterocycles. The van der Waals surface area contributed by atoms with Crippen LogP contribution in [-0.2, 0) is 4.79 Å². The first-order valence-electron chi connectivity index (χ1n) is 4.13. The fraction of sp³-hybridized carbons (Fsp3) is 0.889. The molecule has 1 N–H and O–H groups in total. The summed E-state index contributed by atoms with van der Waals surface area (Å²) in [5, 5.41) is 9.95. The molecule has 0 bridgehead atoms. The molecule has 0 aromatic carbocycles. The Morgan fingerprint density at radius 1 is 1.36 bits per heavy atom. The number of ketones is 1. The van der Waals surface area contributed by atoms with Gasteiger partial charge in [-0.2, -0.15) is 0 Å². The largest absolute Gasteiger partial charge is 0.382 e. The molecule has 0 spiro atoms. The minimum Gasteiger partial charge on any atom is -0.382 e. The van der Waals surface area contributed by atoms with Gasteiger partial charge >= 0.3 is 0 Å². The van der Waals surface area contributed by atoms with Crippen LogP contribution in [0.5, 0.6) is 0 Å². The van der Waals surface area contributed by atoms with E-state index in [9.17, 15) is 9.90 Å². The minimum atomic E-state index is -1.05. The van der Waals surface area contributed by atoms with Gasteiger partial charge in [-0.15, -0.1) is 0 Å². The van der Waals surface area contributed by atoms with Crippen molar-refractivity contribution in [2.24, 2.45) is 5.41 Å². The summed E-state index contributed by atoms with van der Waals surface area (Å²) in [6, 6.07) is 0. The summed E-state index contributed by atoms with van der Waals surface area (Å²) in [6.07, 6.45) is 2.54. The van der Waals surface area contributed by atoms with E-state index < -0.39 is 5.60 Å². The first-order valence-corrected chi connectivity index (χ1v) is 4.13. The van der Waals surface area contributed by atoms with E-state index in [-0.39, 0.29) is 11.2 Å². The van der Waals surface area contributed by atoms with E-state index in [2.05, 4.69) is 0 Å². The smallest absolute Gasteiger partial charge is 0.161 e. The predicted molar refractivity (Wildman–Crippen MR) is 43.3 cm³/mol. The van der Waals surface area contributed by atoms with Crippen LogP contribution in [0.2, 0.25) is 0 Å². The fourth-order valence-electron chi connectivity index (χ4n) is 1.98. The highest BCUT2D eigenvalue weighted by atomic mass is 16.3. The fourth-order valence-corrected chi connectivity index (χ4v) is 1.98. The van der Waals surface area contributed by atoms with Gasteiger partial charge < -0.3 is 5.11 Å². The normalized spacial score (nSPS) is 35.6. The maximum atomic E-state index is 11.1. The monoisotopic (exact) mass is 156 g/mol. The van der Waals surface area contributed by atoms with Gasteiger partial charge in [0.2, 0.25) is 0 Å². The molecule has 2 nitrogen and oxygen atoms in total. The van der Waals surface area contributed by atoms with Crippen molar-refractivity contribution in [2.45, 2.75) is 45.6 Å². The van der Waals surface area contributed by atoms with Gasteiger partial charge in [0.25, 0.3) is 0 Å². The van der Waals surface area contributed by atoms with E-state index >= 15 is 0 Å². The topological polar surface area (TPSA) is 37.3 Å². The molecular formula is C9H16O2. The van der Waals surface area contributed by atoms with Crippen molar-refractivity contribution < 1.29 is 9.90 Å². The van der Waals surface area contributed by atoms with Crippen molar-refractivity contribution in [2.75, 3.05) is 0 Å². The van der Waals surface area contributed by atoms with Gasteiger partial charge in [-0.25, -0.2) is 0 Å². The summed E-state index contributed by atoms with van der Waals surface area (Å²) in [5.74, 6) is -0.0833. The molecule has 0 heterocycles. The van der Waals surface area contributed by atoms with Crippen molar-refractivity contribution in [3.8, 4) is 0 Å². The molecule has 1 unspecified atom stereocenters. The third-order valence-corrected chi connectivity index (χ3v) is 3.04. The van der Waals surface area contributed by atoms with E-state index in [1.165, 1.54) is 6.92 Å². The van der Waals surface area contributed by atoms with Crippen LogP contribution < -0.4 is 0 Å². The van der Waals surface area contributed by atoms with Crippen LogP contribution >= 0.6 is 0 Å². The molecule has 64 valence electrons. The third kappa shape index (κ3) is 1.09. The molecule has 1 aliphatic rings. The molecule has 0 radical (unpaired) electrons. The quantitative estimate of drug-likeness (QED) is 0.625. The molecule has 0 amide bonds. The summed E-state index contributed by atoms with van der Waals surface area (Å²) >= 11 is 0. The lowest BCUT2D eigenvalue weighted by Gasteiger charge is -2.34. The second kappa shape index (κ2) is 2.31. The molecule has 1 atom stereocenters. The number of Topliss-reactive ketones (excluding diaryl/α,β-unsaturated/α-hetero) is 1. The number of carbonyl (C=O) groups excluding carboxylic acids is 1. The van der Waals surface area contributed by atoms with Crippen LogP contribution in [0.4, 0.5) is 0 Å². The van der Waals surface area contributed by atoms with Gasteiger partial charge in [0, 0.05) is 5.41 Å². The Morgan fingerprint density at radius 3 is 2.09 bits per heavy atom. The number of hydrogen-bond donors (Lipinski definition) is 1. The number of rotatable bonds is 1. The third-order valence-electron chi connectivity index (χ3n) is 3.04. The second-order valence-electron chi connectivity index (χ2n) is 4.15. The molecule has 11 heavy (non-hydrogen) atoms. The van der Waals surface area contributed by atoms with Crippen LogP contribution in [0.3, 0.4) is 0 Å². The molecule has 2 heteroatoms. The molecular weight excluding hydrogens is 140 g/mol. The summed E-state index contributed by atoms with van der Waals surface area (Å²) in [5.41, 5.74) is -1.27. The zero-order valence-corrected chi connectivity index (χ0v) is 7.48. The molecule has 1 aliphatic carbocycles. The van der Waals surface area contributed by atoms with Gasteiger partial charge in [-0.1, -0.05) is 13.8 Å². The predicted octanol–water partition coefficient (Wildman–Crippen LogP) is 1.52. The molecule has 0 aromatic rings. The highest BCUT2D eigenvalue weighted by Gasteiger charge is 2.50. The van der Waals surface area contributed by atoms with Crippen LogP contribution in [-0.4, -0.2) is 16.5 Å². The van der Waals surface area contributed by atoms with E-state index in [1.54, 1.807) is 0 Å². The highest BCUT2D eigenvalue weighted by Crippen LogP contribution is 2.46. The van der Waals surface area contributed by atoms with E-state index in [0.29, 0.717) is 6.42 Å². The maximum Gasteiger partial charge on any atom is 0.161 e. The Bertz CT molecular complexity index is 184. The van der Waals surface area contributed by atoms with Crippen LogP contribution in [0, 0.1) is 5.41 Å². The maximum absolute atomic E-state index is 11.1. The zero-order chi connectivity index (χ0) is 8.70. The van der Waals surface area contributed by atoms with Crippen molar-refractivity contribution in [1.29, 1.82) is 0 Å². The minimum absolute atomic E-state index is 0.0833. The molecule has 0 aromatic heterocycles. The Labute approximate surface area is 67.6 Å². The van der Waals surface area contributed by atoms with Crippen LogP contribution in [0.15, 0.2) is 0 Å². The Balaban J connectivity index is 2.93. The van der Waals surface area contributed by atoms with Crippen molar-refractivity contribution >= 4 is 5.78 Å². The lowest BCUT2D eigenvalue weighted by molar-refractivity contribution is -0.144. The Morgan fingerprint density at radius 2 is 1.91 bits per heavy atom. The first-order chi connectivity index (χ1) is 4.90. The van der Waals surface area contributed by atoms with Gasteiger partial charge in [0.1, 0.15) is 5.60 Å². The van der Waals surface area contributed by atoms with Gasteiger partial charge in [0.15, 0.2) is 5.78 Å². The van der Waals surface area contributed by atoms with Gasteiger partial charge in [-0.05, 0) is 26.2 Å². The van der Waals surface area contributed by atoms with Crippen molar-refractivity contribution in [1.82, 2.24) is 0 Å². The molecule has 1 rings (SSSR count). The van der Waals surface area contributed by atoms with E-state index in [1.807, 2.05) is 13.8 Å².